The molecule has 0 aliphatic carbocycles. The van der Waals surface area contributed by atoms with E-state index in [0.29, 0.717) is 22.6 Å². The number of hydrazone groups is 1. The molecule has 6 nitrogen and oxygen atoms in total. The van der Waals surface area contributed by atoms with Gasteiger partial charge >= 0.3 is 0 Å². The maximum atomic E-state index is 13.3. The second-order valence-electron chi connectivity index (χ2n) is 7.00. The van der Waals surface area contributed by atoms with Crippen molar-refractivity contribution in [3.8, 4) is 11.4 Å². The van der Waals surface area contributed by atoms with Crippen molar-refractivity contribution in [1.82, 2.24) is 9.55 Å². The van der Waals surface area contributed by atoms with E-state index in [1.54, 1.807) is 24.0 Å². The highest BCUT2D eigenvalue weighted by Gasteiger charge is 2.14. The molecule has 0 spiro atoms. The molecule has 0 bridgehead atoms. The Hall–Kier alpha value is -3.93. The third-order valence-electron chi connectivity index (χ3n) is 4.88. The van der Waals surface area contributed by atoms with E-state index >= 15 is 0 Å². The molecule has 4 rings (SSSR count). The van der Waals surface area contributed by atoms with Crippen molar-refractivity contribution in [3.63, 3.8) is 0 Å². The minimum absolute atomic E-state index is 0.150. The van der Waals surface area contributed by atoms with E-state index in [1.807, 2.05) is 74.5 Å². The fourth-order valence-corrected chi connectivity index (χ4v) is 3.42. The topological polar surface area (TPSA) is 68.5 Å². The van der Waals surface area contributed by atoms with Gasteiger partial charge in [0.05, 0.1) is 29.9 Å². The van der Waals surface area contributed by atoms with Crippen molar-refractivity contribution in [2.24, 2.45) is 5.10 Å². The predicted octanol–water partition coefficient (Wildman–Crippen LogP) is 4.46. The maximum Gasteiger partial charge on any atom is 0.267 e. The molecule has 0 amide bonds. The lowest BCUT2D eigenvalue weighted by Crippen LogP contribution is -2.23. The van der Waals surface area contributed by atoms with Crippen molar-refractivity contribution in [3.05, 3.63) is 93.8 Å². The van der Waals surface area contributed by atoms with Crippen LogP contribution in [0.5, 0.6) is 5.75 Å². The van der Waals surface area contributed by atoms with Gasteiger partial charge in [0.15, 0.2) is 0 Å². The van der Waals surface area contributed by atoms with Gasteiger partial charge in [0.1, 0.15) is 5.75 Å². The fourth-order valence-electron chi connectivity index (χ4n) is 3.42. The summed E-state index contributed by atoms with van der Waals surface area (Å²) in [5.74, 6) is 1.05. The largest absolute Gasteiger partial charge is 0.496 e. The molecule has 0 aliphatic rings. The highest BCUT2D eigenvalue weighted by atomic mass is 16.5. The van der Waals surface area contributed by atoms with E-state index in [4.69, 9.17) is 4.74 Å². The molecule has 4 aromatic rings. The quantitative estimate of drug-likeness (QED) is 0.398. The van der Waals surface area contributed by atoms with Crippen LogP contribution < -0.4 is 15.7 Å². The number of anilines is 1. The number of ether oxygens (including phenoxy) is 1. The molecule has 1 aromatic heterocycles. The van der Waals surface area contributed by atoms with Gasteiger partial charge in [-0.1, -0.05) is 42.0 Å². The van der Waals surface area contributed by atoms with Crippen LogP contribution in [0, 0.1) is 13.8 Å². The molecule has 1 heterocycles. The summed E-state index contributed by atoms with van der Waals surface area (Å²) in [7, 11) is 1.61. The number of benzene rings is 3. The third kappa shape index (κ3) is 3.67. The van der Waals surface area contributed by atoms with Gasteiger partial charge in [0.25, 0.3) is 5.56 Å². The molecule has 0 saturated heterocycles. The van der Waals surface area contributed by atoms with Gasteiger partial charge < -0.3 is 4.74 Å². The second-order valence-corrected chi connectivity index (χ2v) is 7.00. The Bertz CT molecular complexity index is 1310. The number of para-hydroxylation sites is 2. The number of nitrogens with one attached hydrogen (secondary N) is 1. The summed E-state index contributed by atoms with van der Waals surface area (Å²) in [4.78, 5) is 18.0. The Kier molecular flexibility index (Phi) is 5.30. The zero-order valence-corrected chi connectivity index (χ0v) is 17.1. The van der Waals surface area contributed by atoms with Crippen molar-refractivity contribution < 1.29 is 4.74 Å². The smallest absolute Gasteiger partial charge is 0.267 e. The second kappa shape index (κ2) is 8.21. The summed E-state index contributed by atoms with van der Waals surface area (Å²) in [6, 6.07) is 20.8. The van der Waals surface area contributed by atoms with Crippen LogP contribution in [-0.2, 0) is 0 Å². The Balaban J connectivity index is 1.84. The van der Waals surface area contributed by atoms with E-state index in [9.17, 15) is 4.79 Å². The van der Waals surface area contributed by atoms with Gasteiger partial charge in [-0.3, -0.25) is 4.79 Å². The van der Waals surface area contributed by atoms with Crippen LogP contribution in [0.1, 0.15) is 16.7 Å². The molecule has 0 aliphatic heterocycles. The minimum Gasteiger partial charge on any atom is -0.496 e. The molecule has 150 valence electrons. The number of hydrogen-bond acceptors (Lipinski definition) is 5. The summed E-state index contributed by atoms with van der Waals surface area (Å²) >= 11 is 0. The predicted molar refractivity (Wildman–Crippen MR) is 121 cm³/mol. The van der Waals surface area contributed by atoms with E-state index in [-0.39, 0.29) is 5.56 Å². The van der Waals surface area contributed by atoms with Crippen molar-refractivity contribution in [2.45, 2.75) is 13.8 Å². The van der Waals surface area contributed by atoms with E-state index in [0.717, 1.165) is 22.4 Å². The van der Waals surface area contributed by atoms with E-state index in [1.165, 1.54) is 0 Å². The first-order chi connectivity index (χ1) is 14.6. The molecular formula is C24H22N4O2. The highest BCUT2D eigenvalue weighted by Crippen LogP contribution is 2.20. The Morgan fingerprint density at radius 2 is 1.80 bits per heavy atom. The zero-order valence-electron chi connectivity index (χ0n) is 17.1. The first-order valence-corrected chi connectivity index (χ1v) is 9.60. The van der Waals surface area contributed by atoms with E-state index in [2.05, 4.69) is 15.5 Å². The summed E-state index contributed by atoms with van der Waals surface area (Å²) in [6.07, 6.45) is 1.65. The fraction of sp³-hybridized carbons (Fsp3) is 0.125. The van der Waals surface area contributed by atoms with E-state index < -0.39 is 0 Å². The number of aromatic nitrogens is 2. The SMILES string of the molecule is COc1ccccc1/C=N\Nc1nc2ccccc2c(=O)n1-c1ccc(C)cc1C. The normalized spacial score (nSPS) is 11.2. The Morgan fingerprint density at radius 1 is 1.03 bits per heavy atom. The molecule has 3 aromatic carbocycles. The highest BCUT2D eigenvalue weighted by molar-refractivity contribution is 5.84. The van der Waals surface area contributed by atoms with Crippen LogP contribution in [0.25, 0.3) is 16.6 Å². The number of rotatable bonds is 5. The zero-order chi connectivity index (χ0) is 21.1. The van der Waals surface area contributed by atoms with Crippen molar-refractivity contribution in [2.75, 3.05) is 12.5 Å². The van der Waals surface area contributed by atoms with Crippen LogP contribution in [-0.4, -0.2) is 22.9 Å². The molecule has 0 fully saturated rings. The molecule has 0 atom stereocenters. The maximum absolute atomic E-state index is 13.3. The molecular weight excluding hydrogens is 376 g/mol. The Labute approximate surface area is 174 Å². The number of fused-ring (bicyclic) bond motifs is 1. The number of hydrogen-bond donors (Lipinski definition) is 1. The summed E-state index contributed by atoms with van der Waals surface area (Å²) in [6.45, 7) is 4.00. The molecule has 0 unspecified atom stereocenters. The van der Waals surface area contributed by atoms with Crippen LogP contribution >= 0.6 is 0 Å². The van der Waals surface area contributed by atoms with Gasteiger partial charge in [-0.2, -0.15) is 5.10 Å². The monoisotopic (exact) mass is 398 g/mol. The van der Waals surface area contributed by atoms with Gasteiger partial charge in [-0.25, -0.2) is 15.0 Å². The molecule has 6 heteroatoms. The lowest BCUT2D eigenvalue weighted by molar-refractivity contribution is 0.414. The van der Waals surface area contributed by atoms with Gasteiger partial charge in [0, 0.05) is 5.56 Å². The van der Waals surface area contributed by atoms with Gasteiger partial charge in [-0.05, 0) is 49.7 Å². The van der Waals surface area contributed by atoms with Crippen LogP contribution in [0.3, 0.4) is 0 Å². The molecule has 0 saturated carbocycles. The third-order valence-corrected chi connectivity index (χ3v) is 4.88. The number of nitrogens with zero attached hydrogens (tertiary/aromatic N) is 3. The summed E-state index contributed by atoms with van der Waals surface area (Å²) in [5, 5.41) is 4.88. The van der Waals surface area contributed by atoms with Crippen LogP contribution in [0.15, 0.2) is 76.6 Å². The van der Waals surface area contributed by atoms with Crippen LogP contribution in [0.4, 0.5) is 5.95 Å². The summed E-state index contributed by atoms with van der Waals surface area (Å²) < 4.78 is 6.92. The lowest BCUT2D eigenvalue weighted by Gasteiger charge is -2.15. The number of methoxy groups -OCH3 is 1. The molecule has 1 N–H and O–H groups in total. The lowest BCUT2D eigenvalue weighted by atomic mass is 10.1. The first-order valence-electron chi connectivity index (χ1n) is 9.60. The Morgan fingerprint density at radius 3 is 2.60 bits per heavy atom. The average Bonchev–Trinajstić information content (AvgIpc) is 2.75. The molecule has 30 heavy (non-hydrogen) atoms. The van der Waals surface area contributed by atoms with Gasteiger partial charge in [0.2, 0.25) is 5.95 Å². The average molecular weight is 398 g/mol. The van der Waals surface area contributed by atoms with Crippen molar-refractivity contribution in [1.29, 1.82) is 0 Å². The first kappa shape index (κ1) is 19.4. The van der Waals surface area contributed by atoms with Crippen molar-refractivity contribution >= 4 is 23.1 Å². The summed E-state index contributed by atoms with van der Waals surface area (Å²) in [5.41, 5.74) is 7.09. The van der Waals surface area contributed by atoms with Gasteiger partial charge in [-0.15, -0.1) is 0 Å². The van der Waals surface area contributed by atoms with Crippen LogP contribution in [0.2, 0.25) is 0 Å². The molecule has 0 radical (unpaired) electrons. The standard InChI is InChI=1S/C24H22N4O2/c1-16-12-13-21(17(2)14-16)28-23(29)19-9-5-6-10-20(19)26-24(28)27-25-15-18-8-4-7-11-22(18)30-3/h4-15H,1-3H3,(H,26,27)/b25-15-. The number of aryl methyl sites for hydroxylation is 2. The minimum atomic E-state index is -0.150.